The number of fused-ring (bicyclic) bond motifs is 1. The smallest absolute Gasteiger partial charge is 0.195 e. The lowest BCUT2D eigenvalue weighted by Gasteiger charge is -2.08. The van der Waals surface area contributed by atoms with Crippen molar-refractivity contribution in [2.45, 2.75) is 45.6 Å². The predicted octanol–water partition coefficient (Wildman–Crippen LogP) is 3.96. The Morgan fingerprint density at radius 3 is 3.06 bits per heavy atom. The quantitative estimate of drug-likeness (QED) is 0.863. The summed E-state index contributed by atoms with van der Waals surface area (Å²) in [5.74, 6) is 1.02. The lowest BCUT2D eigenvalue weighted by atomic mass is 9.99. The van der Waals surface area contributed by atoms with Gasteiger partial charge in [-0.3, -0.25) is 9.67 Å². The Labute approximate surface area is 116 Å². The molecular formula is C13H17N3S2. The van der Waals surface area contributed by atoms with E-state index in [1.54, 1.807) is 4.88 Å². The van der Waals surface area contributed by atoms with Gasteiger partial charge in [0.2, 0.25) is 0 Å². The van der Waals surface area contributed by atoms with Crippen molar-refractivity contribution >= 4 is 23.6 Å². The summed E-state index contributed by atoms with van der Waals surface area (Å²) in [6.07, 6.45) is 6.19. The Balaban J connectivity index is 2.04. The van der Waals surface area contributed by atoms with Crippen LogP contribution in [0.25, 0.3) is 10.7 Å². The number of aromatic nitrogens is 3. The number of hydrogen-bond acceptors (Lipinski definition) is 3. The van der Waals surface area contributed by atoms with Gasteiger partial charge in [-0.1, -0.05) is 6.92 Å². The van der Waals surface area contributed by atoms with Gasteiger partial charge in [-0.2, -0.15) is 5.10 Å². The average Bonchev–Trinajstić information content (AvgIpc) is 2.94. The molecule has 1 N–H and O–H groups in total. The largest absolute Gasteiger partial charge is 0.300 e. The minimum absolute atomic E-state index is 0.734. The molecule has 2 heterocycles. The molecule has 0 amide bonds. The standard InChI is InChI=1S/C13H17N3S2/c1-2-7-16-12(14-15-13(16)17)11-8-9-5-3-4-6-10(9)18-11/h8H,2-7H2,1H3,(H,15,17). The minimum Gasteiger partial charge on any atom is -0.300 e. The summed E-state index contributed by atoms with van der Waals surface area (Å²) in [7, 11) is 0. The molecule has 18 heavy (non-hydrogen) atoms. The molecule has 1 aliphatic carbocycles. The van der Waals surface area contributed by atoms with Crippen molar-refractivity contribution in [1.29, 1.82) is 0 Å². The minimum atomic E-state index is 0.734. The maximum atomic E-state index is 5.30. The third-order valence-corrected chi connectivity index (χ3v) is 4.97. The maximum Gasteiger partial charge on any atom is 0.195 e. The van der Waals surface area contributed by atoms with E-state index in [0.717, 1.165) is 23.6 Å². The third-order valence-electron chi connectivity index (χ3n) is 3.42. The molecule has 0 saturated carbocycles. The van der Waals surface area contributed by atoms with Crippen LogP contribution in [-0.4, -0.2) is 14.8 Å². The summed E-state index contributed by atoms with van der Waals surface area (Å²) in [5, 5.41) is 7.33. The number of aryl methyl sites for hydroxylation is 2. The van der Waals surface area contributed by atoms with Crippen molar-refractivity contribution in [1.82, 2.24) is 14.8 Å². The average molecular weight is 279 g/mol. The molecule has 0 bridgehead atoms. The van der Waals surface area contributed by atoms with E-state index in [4.69, 9.17) is 12.2 Å². The molecule has 0 aromatic carbocycles. The second kappa shape index (κ2) is 4.97. The van der Waals surface area contributed by atoms with E-state index in [0.29, 0.717) is 0 Å². The van der Waals surface area contributed by atoms with Crippen LogP contribution >= 0.6 is 23.6 Å². The molecule has 2 aromatic rings. The van der Waals surface area contributed by atoms with Crippen molar-refractivity contribution in [2.24, 2.45) is 0 Å². The van der Waals surface area contributed by atoms with E-state index < -0.39 is 0 Å². The first-order chi connectivity index (χ1) is 8.79. The highest BCUT2D eigenvalue weighted by atomic mass is 32.1. The fourth-order valence-electron chi connectivity index (χ4n) is 2.54. The first kappa shape index (κ1) is 12.1. The highest BCUT2D eigenvalue weighted by Crippen LogP contribution is 2.34. The Morgan fingerprint density at radius 1 is 1.44 bits per heavy atom. The number of hydrogen-bond donors (Lipinski definition) is 1. The molecule has 0 unspecified atom stereocenters. The van der Waals surface area contributed by atoms with Crippen LogP contribution in [0.15, 0.2) is 6.07 Å². The zero-order valence-electron chi connectivity index (χ0n) is 10.5. The molecule has 96 valence electrons. The number of aromatic amines is 1. The van der Waals surface area contributed by atoms with Gasteiger partial charge in [0.1, 0.15) is 0 Å². The molecule has 0 spiro atoms. The van der Waals surface area contributed by atoms with Crippen molar-refractivity contribution in [3.8, 4) is 10.7 Å². The van der Waals surface area contributed by atoms with Gasteiger partial charge in [0, 0.05) is 11.4 Å². The summed E-state index contributed by atoms with van der Waals surface area (Å²) in [6.45, 7) is 3.10. The highest BCUT2D eigenvalue weighted by Gasteiger charge is 2.17. The second-order valence-corrected chi connectivity index (χ2v) is 6.29. The van der Waals surface area contributed by atoms with Gasteiger partial charge in [-0.05, 0) is 56.0 Å². The number of thiophene rings is 1. The number of H-pyrrole nitrogens is 1. The van der Waals surface area contributed by atoms with Crippen LogP contribution in [-0.2, 0) is 19.4 Å². The van der Waals surface area contributed by atoms with E-state index in [9.17, 15) is 0 Å². The predicted molar refractivity (Wildman–Crippen MR) is 77.7 cm³/mol. The summed E-state index contributed by atoms with van der Waals surface area (Å²) in [4.78, 5) is 2.82. The highest BCUT2D eigenvalue weighted by molar-refractivity contribution is 7.71. The van der Waals surface area contributed by atoms with Crippen LogP contribution in [0.2, 0.25) is 0 Å². The summed E-state index contributed by atoms with van der Waals surface area (Å²) >= 11 is 7.19. The zero-order valence-corrected chi connectivity index (χ0v) is 12.2. The molecule has 2 aromatic heterocycles. The van der Waals surface area contributed by atoms with E-state index >= 15 is 0 Å². The molecule has 0 radical (unpaired) electrons. The van der Waals surface area contributed by atoms with Gasteiger partial charge < -0.3 is 0 Å². The SMILES string of the molecule is CCCn1c(-c2cc3c(s2)CCCC3)n[nH]c1=S. The topological polar surface area (TPSA) is 33.6 Å². The van der Waals surface area contributed by atoms with Crippen LogP contribution in [0.4, 0.5) is 0 Å². The fraction of sp³-hybridized carbons (Fsp3) is 0.538. The monoisotopic (exact) mass is 279 g/mol. The molecule has 5 heteroatoms. The van der Waals surface area contributed by atoms with Crippen LogP contribution in [0, 0.1) is 4.77 Å². The van der Waals surface area contributed by atoms with Gasteiger partial charge in [0.25, 0.3) is 0 Å². The third kappa shape index (κ3) is 2.06. The molecule has 0 aliphatic heterocycles. The van der Waals surface area contributed by atoms with Crippen molar-refractivity contribution in [3.05, 3.63) is 21.3 Å². The number of nitrogens with one attached hydrogen (secondary N) is 1. The van der Waals surface area contributed by atoms with Crippen molar-refractivity contribution in [2.75, 3.05) is 0 Å². The van der Waals surface area contributed by atoms with Crippen LogP contribution in [0.5, 0.6) is 0 Å². The molecule has 0 atom stereocenters. The Bertz CT molecular complexity index is 583. The van der Waals surface area contributed by atoms with Crippen molar-refractivity contribution < 1.29 is 0 Å². The zero-order chi connectivity index (χ0) is 12.5. The van der Waals surface area contributed by atoms with E-state index in [1.807, 2.05) is 11.3 Å². The van der Waals surface area contributed by atoms with Gasteiger partial charge in [0.15, 0.2) is 10.6 Å². The summed E-state index contributed by atoms with van der Waals surface area (Å²) in [5.41, 5.74) is 1.53. The van der Waals surface area contributed by atoms with Gasteiger partial charge in [0.05, 0.1) is 4.88 Å². The van der Waals surface area contributed by atoms with Gasteiger partial charge >= 0.3 is 0 Å². The van der Waals surface area contributed by atoms with Crippen LogP contribution in [0.3, 0.4) is 0 Å². The molecule has 0 fully saturated rings. The van der Waals surface area contributed by atoms with Gasteiger partial charge in [-0.25, -0.2) is 0 Å². The fourth-order valence-corrected chi connectivity index (χ4v) is 4.01. The normalized spacial score (nSPS) is 14.7. The van der Waals surface area contributed by atoms with Gasteiger partial charge in [-0.15, -0.1) is 11.3 Å². The molecule has 0 saturated heterocycles. The Kier molecular flexibility index (Phi) is 3.35. The second-order valence-electron chi connectivity index (χ2n) is 4.77. The summed E-state index contributed by atoms with van der Waals surface area (Å²) in [6, 6.07) is 2.32. The number of nitrogens with zero attached hydrogens (tertiary/aromatic N) is 2. The Morgan fingerprint density at radius 2 is 2.28 bits per heavy atom. The molecular weight excluding hydrogens is 262 g/mol. The lowest BCUT2D eigenvalue weighted by molar-refractivity contribution is 0.675. The Hall–Kier alpha value is -0.940. The molecule has 3 rings (SSSR count). The first-order valence-corrected chi connectivity index (χ1v) is 7.79. The van der Waals surface area contributed by atoms with Crippen LogP contribution in [0.1, 0.15) is 36.6 Å². The maximum absolute atomic E-state index is 5.30. The van der Waals surface area contributed by atoms with E-state index in [2.05, 4.69) is 27.8 Å². The first-order valence-electron chi connectivity index (χ1n) is 6.56. The summed E-state index contributed by atoms with van der Waals surface area (Å²) < 4.78 is 2.85. The lowest BCUT2D eigenvalue weighted by Crippen LogP contribution is -1.98. The molecule has 1 aliphatic rings. The number of rotatable bonds is 3. The van der Waals surface area contributed by atoms with E-state index in [1.165, 1.54) is 36.1 Å². The van der Waals surface area contributed by atoms with Crippen LogP contribution < -0.4 is 0 Å². The molecule has 3 nitrogen and oxygen atoms in total. The van der Waals surface area contributed by atoms with Crippen molar-refractivity contribution in [3.63, 3.8) is 0 Å². The van der Waals surface area contributed by atoms with E-state index in [-0.39, 0.29) is 0 Å².